The van der Waals surface area contributed by atoms with Crippen LogP contribution in [0.3, 0.4) is 0 Å². The van der Waals surface area contributed by atoms with Gasteiger partial charge in [0.1, 0.15) is 0 Å². The summed E-state index contributed by atoms with van der Waals surface area (Å²) in [6.45, 7) is 1.93. The summed E-state index contributed by atoms with van der Waals surface area (Å²) in [5.41, 5.74) is 15.8. The molecule has 8 heteroatoms. The summed E-state index contributed by atoms with van der Waals surface area (Å²) in [6, 6.07) is 5.84. The molecule has 0 atom stereocenters. The minimum atomic E-state index is -0.522. The Morgan fingerprint density at radius 2 is 0.917 bits per heavy atom. The molecule has 0 radical (unpaired) electrons. The maximum atomic E-state index is 12.4. The number of amides is 4. The molecule has 36 heavy (non-hydrogen) atoms. The van der Waals surface area contributed by atoms with E-state index in [-0.39, 0.29) is 5.91 Å². The maximum absolute atomic E-state index is 12.4. The Hall–Kier alpha value is -2.90. The van der Waals surface area contributed by atoms with Crippen molar-refractivity contribution in [2.45, 2.75) is 103 Å². The second-order valence-corrected chi connectivity index (χ2v) is 9.60. The topological polar surface area (TPSA) is 150 Å². The lowest BCUT2D eigenvalue weighted by atomic mass is 10.1. The van der Waals surface area contributed by atoms with Gasteiger partial charge in [-0.3, -0.25) is 19.2 Å². The molecule has 0 spiro atoms. The van der Waals surface area contributed by atoms with Gasteiger partial charge in [-0.1, -0.05) is 64.2 Å². The van der Waals surface area contributed by atoms with Crippen LogP contribution in [0.1, 0.15) is 123 Å². The molecule has 0 aromatic heterocycles. The number of carbonyl (C=O) groups is 4. The van der Waals surface area contributed by atoms with Crippen LogP contribution < -0.4 is 17.2 Å². The minimum absolute atomic E-state index is 0.198. The molecular weight excluding hydrogens is 456 g/mol. The van der Waals surface area contributed by atoms with Crippen LogP contribution in [0, 0.1) is 0 Å². The van der Waals surface area contributed by atoms with Gasteiger partial charge in [0, 0.05) is 37.1 Å². The molecule has 0 aliphatic carbocycles. The number of hydrogen-bond donors (Lipinski definition) is 3. The SMILES string of the molecule is NC(=O)CCCCCCCCC(=O)N1CCCCCCCCCC1.NC(=O)c1ccc(C(N)=O)cc1. The highest BCUT2D eigenvalue weighted by Crippen LogP contribution is 2.14. The molecule has 1 heterocycles. The number of primary amides is 3. The normalized spacial score (nSPS) is 14.6. The van der Waals surface area contributed by atoms with Crippen molar-refractivity contribution in [3.8, 4) is 0 Å². The predicted molar refractivity (Wildman–Crippen MR) is 143 cm³/mol. The van der Waals surface area contributed by atoms with Crippen LogP contribution in [-0.4, -0.2) is 41.6 Å². The van der Waals surface area contributed by atoms with Crippen molar-refractivity contribution < 1.29 is 19.2 Å². The molecule has 1 aliphatic heterocycles. The Labute approximate surface area is 216 Å². The highest BCUT2D eigenvalue weighted by molar-refractivity contribution is 5.96. The number of rotatable bonds is 11. The van der Waals surface area contributed by atoms with E-state index >= 15 is 0 Å². The van der Waals surface area contributed by atoms with Crippen LogP contribution >= 0.6 is 0 Å². The molecule has 6 N–H and O–H groups in total. The van der Waals surface area contributed by atoms with Crippen molar-refractivity contribution >= 4 is 23.6 Å². The second kappa shape index (κ2) is 19.3. The Bertz CT molecular complexity index is 750. The highest BCUT2D eigenvalue weighted by atomic mass is 16.2. The van der Waals surface area contributed by atoms with Crippen LogP contribution in [0.2, 0.25) is 0 Å². The van der Waals surface area contributed by atoms with Crippen LogP contribution in [0.15, 0.2) is 24.3 Å². The molecule has 8 nitrogen and oxygen atoms in total. The van der Waals surface area contributed by atoms with Crippen LogP contribution in [0.4, 0.5) is 0 Å². The molecule has 0 bridgehead atoms. The summed E-state index contributed by atoms with van der Waals surface area (Å²) in [6.07, 6.45) is 17.9. The van der Waals surface area contributed by atoms with Crippen molar-refractivity contribution in [1.29, 1.82) is 0 Å². The van der Waals surface area contributed by atoms with Gasteiger partial charge in [0.2, 0.25) is 23.6 Å². The van der Waals surface area contributed by atoms with E-state index in [1.165, 1.54) is 75.6 Å². The van der Waals surface area contributed by atoms with Crippen molar-refractivity contribution in [2.75, 3.05) is 13.1 Å². The predicted octanol–water partition coefficient (Wildman–Crippen LogP) is 4.44. The first-order valence-electron chi connectivity index (χ1n) is 13.6. The fourth-order valence-electron chi connectivity index (χ4n) is 4.27. The number of nitrogens with zero attached hydrogens (tertiary/aromatic N) is 1. The van der Waals surface area contributed by atoms with Gasteiger partial charge in [0.25, 0.3) is 0 Å². The molecule has 1 aromatic rings. The van der Waals surface area contributed by atoms with E-state index in [9.17, 15) is 19.2 Å². The third-order valence-electron chi connectivity index (χ3n) is 6.48. The zero-order chi connectivity index (χ0) is 26.6. The number of carbonyl (C=O) groups excluding carboxylic acids is 4. The third-order valence-corrected chi connectivity index (χ3v) is 6.48. The van der Waals surface area contributed by atoms with Gasteiger partial charge >= 0.3 is 0 Å². The van der Waals surface area contributed by atoms with Crippen molar-refractivity contribution in [3.05, 3.63) is 35.4 Å². The minimum Gasteiger partial charge on any atom is -0.370 e. The maximum Gasteiger partial charge on any atom is 0.248 e. The standard InChI is InChI=1S/C20H38N2O2.C8H8N2O2/c21-19(23)15-11-7-3-4-8-12-16-20(24)22-17-13-9-5-1-2-6-10-14-18-22;9-7(11)5-1-2-6(4-3-5)8(10)12/h1-18H2,(H2,21,23);1-4H,(H2,9,11)(H2,10,12). The summed E-state index contributed by atoms with van der Waals surface area (Å²) < 4.78 is 0. The average Bonchev–Trinajstić information content (AvgIpc) is 2.91. The zero-order valence-corrected chi connectivity index (χ0v) is 21.8. The lowest BCUT2D eigenvalue weighted by molar-refractivity contribution is -0.131. The molecule has 0 unspecified atom stereocenters. The van der Waals surface area contributed by atoms with Crippen LogP contribution in [0.5, 0.6) is 0 Å². The third kappa shape index (κ3) is 15.2. The van der Waals surface area contributed by atoms with E-state index in [4.69, 9.17) is 17.2 Å². The van der Waals surface area contributed by atoms with E-state index in [0.717, 1.165) is 51.6 Å². The van der Waals surface area contributed by atoms with Crippen molar-refractivity contribution in [3.63, 3.8) is 0 Å². The molecule has 4 amide bonds. The number of hydrogen-bond acceptors (Lipinski definition) is 4. The van der Waals surface area contributed by atoms with Gasteiger partial charge < -0.3 is 22.1 Å². The summed E-state index contributed by atoms with van der Waals surface area (Å²) in [5.74, 6) is -0.879. The summed E-state index contributed by atoms with van der Waals surface area (Å²) in [4.78, 5) is 46.4. The Morgan fingerprint density at radius 1 is 0.556 bits per heavy atom. The average molecular weight is 503 g/mol. The van der Waals surface area contributed by atoms with E-state index in [2.05, 4.69) is 4.90 Å². The van der Waals surface area contributed by atoms with Crippen LogP contribution in [-0.2, 0) is 9.59 Å². The molecule has 0 saturated carbocycles. The molecule has 202 valence electrons. The summed E-state index contributed by atoms with van der Waals surface area (Å²) in [5, 5.41) is 0. The Morgan fingerprint density at radius 3 is 1.31 bits per heavy atom. The summed E-state index contributed by atoms with van der Waals surface area (Å²) in [7, 11) is 0. The first kappa shape index (κ1) is 31.1. The van der Waals surface area contributed by atoms with Gasteiger partial charge in [0.05, 0.1) is 0 Å². The molecule has 1 fully saturated rings. The monoisotopic (exact) mass is 502 g/mol. The lowest BCUT2D eigenvalue weighted by Crippen LogP contribution is -2.32. The molecule has 1 aliphatic rings. The number of unbranched alkanes of at least 4 members (excludes halogenated alkanes) is 5. The fraction of sp³-hybridized carbons (Fsp3) is 0.643. The van der Waals surface area contributed by atoms with Gasteiger partial charge in [-0.25, -0.2) is 0 Å². The second-order valence-electron chi connectivity index (χ2n) is 9.60. The first-order valence-corrected chi connectivity index (χ1v) is 13.6. The zero-order valence-electron chi connectivity index (χ0n) is 21.8. The van der Waals surface area contributed by atoms with Gasteiger partial charge in [-0.2, -0.15) is 0 Å². The van der Waals surface area contributed by atoms with E-state index in [1.807, 2.05) is 0 Å². The molecular formula is C28H46N4O4. The number of benzene rings is 1. The van der Waals surface area contributed by atoms with Gasteiger partial charge in [0.15, 0.2) is 0 Å². The fourth-order valence-corrected chi connectivity index (χ4v) is 4.27. The molecule has 1 saturated heterocycles. The smallest absolute Gasteiger partial charge is 0.248 e. The lowest BCUT2D eigenvalue weighted by Gasteiger charge is -2.22. The van der Waals surface area contributed by atoms with Gasteiger partial charge in [-0.05, 0) is 49.9 Å². The quantitative estimate of drug-likeness (QED) is 0.383. The largest absolute Gasteiger partial charge is 0.370 e. The first-order chi connectivity index (χ1) is 17.3. The Kier molecular flexibility index (Phi) is 16.7. The number of nitrogens with two attached hydrogens (primary N) is 3. The van der Waals surface area contributed by atoms with Crippen molar-refractivity contribution in [1.82, 2.24) is 4.90 Å². The molecule has 1 aromatic carbocycles. The van der Waals surface area contributed by atoms with E-state index in [1.54, 1.807) is 0 Å². The highest BCUT2D eigenvalue weighted by Gasteiger charge is 2.13. The van der Waals surface area contributed by atoms with Crippen molar-refractivity contribution in [2.24, 2.45) is 17.2 Å². The van der Waals surface area contributed by atoms with Crippen LogP contribution in [0.25, 0.3) is 0 Å². The van der Waals surface area contributed by atoms with E-state index in [0.29, 0.717) is 29.9 Å². The van der Waals surface area contributed by atoms with Gasteiger partial charge in [-0.15, -0.1) is 0 Å². The van der Waals surface area contributed by atoms with E-state index < -0.39 is 11.8 Å². The molecule has 2 rings (SSSR count). The Balaban J connectivity index is 0.000000450. The summed E-state index contributed by atoms with van der Waals surface area (Å²) >= 11 is 0.